The van der Waals surface area contributed by atoms with Gasteiger partial charge >= 0.3 is 0 Å². The van der Waals surface area contributed by atoms with Crippen LogP contribution in [0.4, 0.5) is 0 Å². The highest BCUT2D eigenvalue weighted by molar-refractivity contribution is 5.36. The Morgan fingerprint density at radius 3 is 1.80 bits per heavy atom. The van der Waals surface area contributed by atoms with Gasteiger partial charge in [0.15, 0.2) is 0 Å². The van der Waals surface area contributed by atoms with Gasteiger partial charge in [-0.2, -0.15) is 10.5 Å². The average Bonchev–Trinajstić information content (AvgIpc) is 3.07. The fourth-order valence-corrected chi connectivity index (χ4v) is 7.75. The second-order valence-corrected chi connectivity index (χ2v) is 14.4. The number of hydrogen-bond donors (Lipinski definition) is 0. The van der Waals surface area contributed by atoms with Crippen LogP contribution in [0.2, 0.25) is 0 Å². The third-order valence-electron chi connectivity index (χ3n) is 9.52. The molecule has 0 aliphatic heterocycles. The van der Waals surface area contributed by atoms with Crippen LogP contribution < -0.4 is 0 Å². The van der Waals surface area contributed by atoms with E-state index >= 15 is 0 Å². The number of nitriles is 2. The minimum absolute atomic E-state index is 0.00791. The van der Waals surface area contributed by atoms with Crippen LogP contribution in [0.3, 0.4) is 0 Å². The van der Waals surface area contributed by atoms with Gasteiger partial charge in [-0.3, -0.25) is 0 Å². The van der Waals surface area contributed by atoms with Crippen molar-refractivity contribution in [1.29, 1.82) is 10.5 Å². The minimum atomic E-state index is -0.0809. The Morgan fingerprint density at radius 2 is 1.29 bits per heavy atom. The molecule has 12 heteroatoms. The quantitative estimate of drug-likeness (QED) is 0.135. The molecule has 0 aromatic heterocycles. The second-order valence-electron chi connectivity index (χ2n) is 14.4. The monoisotopic (exact) mass is 672 g/mol. The molecule has 0 saturated heterocycles. The lowest BCUT2D eigenvalue weighted by atomic mass is 9.63. The summed E-state index contributed by atoms with van der Waals surface area (Å²) in [6, 6.07) is 7.58. The van der Waals surface area contributed by atoms with Crippen molar-refractivity contribution in [3.05, 3.63) is 35.4 Å². The van der Waals surface area contributed by atoms with Crippen molar-refractivity contribution in [3.63, 3.8) is 0 Å². The van der Waals surface area contributed by atoms with Crippen LogP contribution in [-0.2, 0) is 41.7 Å². The van der Waals surface area contributed by atoms with Crippen molar-refractivity contribution >= 4 is 24.3 Å². The molecule has 2 unspecified atom stereocenters. The summed E-state index contributed by atoms with van der Waals surface area (Å²) in [4.78, 5) is 54.9. The highest BCUT2D eigenvalue weighted by atomic mass is 16.5. The van der Waals surface area contributed by atoms with Crippen molar-refractivity contribution in [1.82, 2.24) is 0 Å². The van der Waals surface area contributed by atoms with Crippen LogP contribution >= 0.6 is 0 Å². The van der Waals surface area contributed by atoms with E-state index in [-0.39, 0.29) is 29.0 Å². The fourth-order valence-electron chi connectivity index (χ4n) is 7.75. The second kappa shape index (κ2) is 22.0. The van der Waals surface area contributed by atoms with Gasteiger partial charge < -0.3 is 9.47 Å². The van der Waals surface area contributed by atoms with Crippen LogP contribution in [0, 0.1) is 45.7 Å². The number of hydrogen-bond acceptors (Lipinski definition) is 12. The van der Waals surface area contributed by atoms with Crippen LogP contribution in [0.5, 0.6) is 0 Å². The van der Waals surface area contributed by atoms with Crippen LogP contribution in [-0.4, -0.2) is 49.1 Å². The highest BCUT2D eigenvalue weighted by Gasteiger charge is 2.42. The van der Waals surface area contributed by atoms with Gasteiger partial charge in [-0.05, 0) is 105 Å². The van der Waals surface area contributed by atoms with Gasteiger partial charge in [0.1, 0.15) is 12.7 Å². The first kappa shape index (κ1) is 40.5. The van der Waals surface area contributed by atoms with E-state index in [0.717, 1.165) is 67.9 Å². The summed E-state index contributed by atoms with van der Waals surface area (Å²) in [5.74, 6) is 1.60. The van der Waals surface area contributed by atoms with E-state index in [1.54, 1.807) is 18.4 Å². The smallest absolute Gasteiger partial charge is 0.286 e. The lowest BCUT2D eigenvalue weighted by molar-refractivity contribution is 0.0288. The summed E-state index contributed by atoms with van der Waals surface area (Å²) in [5, 5.41) is 17.0. The number of carbonyl (C=O) groups excluding carboxylic acids is 4. The molecule has 1 aromatic rings. The van der Waals surface area contributed by atoms with Gasteiger partial charge in [0, 0.05) is 5.41 Å². The van der Waals surface area contributed by atoms with Gasteiger partial charge in [0.25, 0.3) is 12.5 Å². The Kier molecular flexibility index (Phi) is 18.2. The highest BCUT2D eigenvalue weighted by Crippen LogP contribution is 2.47. The van der Waals surface area contributed by atoms with E-state index < -0.39 is 0 Å². The molecule has 262 valence electrons. The van der Waals surface area contributed by atoms with Gasteiger partial charge in [0.2, 0.25) is 24.3 Å². The van der Waals surface area contributed by atoms with Gasteiger partial charge in [-0.1, -0.05) is 45.0 Å². The molecule has 3 aliphatic carbocycles. The molecule has 0 amide bonds. The number of nitrogens with zero attached hydrogens (tertiary/aromatic N) is 6. The molecule has 0 radical (unpaired) electrons. The zero-order valence-electron chi connectivity index (χ0n) is 28.9. The molecular formula is C37H48N6O6. The normalized spacial score (nSPS) is 26.5. The van der Waals surface area contributed by atoms with Crippen LogP contribution in [0.25, 0.3) is 0 Å². The number of isocyanates is 4. The van der Waals surface area contributed by atoms with E-state index in [9.17, 15) is 19.2 Å². The molecular weight excluding hydrogens is 624 g/mol. The largest absolute Gasteiger partial charge is 0.427 e. The lowest BCUT2D eigenvalue weighted by Crippen LogP contribution is -2.40. The molecule has 0 spiro atoms. The molecule has 0 heterocycles. The molecule has 3 saturated carbocycles. The Bertz CT molecular complexity index is 1410. The maximum Gasteiger partial charge on any atom is 0.286 e. The zero-order chi connectivity index (χ0) is 36.0. The van der Waals surface area contributed by atoms with Crippen molar-refractivity contribution in [2.75, 3.05) is 6.61 Å². The third-order valence-corrected chi connectivity index (χ3v) is 9.52. The standard InChI is InChI=1S/C15H22N2O2.C12H18N2O2.C10H8N2O2/c16-10-19-15-7-3-13(4-8-15)9-12-1-5-14(6-2-12)17-11-18;1-11(2)4-10(14-9-15)5-12(3,6-11)7-16-8-13;13-7-11-5-9-2-1-3-10(4-9)6-12-8-14/h12-15H,1-9H2;10H,4-7H2,1-3H3;1-4H,5-6H2. The van der Waals surface area contributed by atoms with E-state index in [1.807, 2.05) is 30.5 Å². The van der Waals surface area contributed by atoms with Gasteiger partial charge in [0.05, 0.1) is 25.2 Å². The summed E-state index contributed by atoms with van der Waals surface area (Å²) in [6.07, 6.45) is 22.8. The fraction of sp³-hybridized carbons (Fsp3) is 0.676. The van der Waals surface area contributed by atoms with Gasteiger partial charge in [-0.15, -0.1) is 0 Å². The Morgan fingerprint density at radius 1 is 0.735 bits per heavy atom. The number of ether oxygens (including phenoxy) is 2. The molecule has 1 aromatic carbocycles. The zero-order valence-corrected chi connectivity index (χ0v) is 28.9. The molecule has 2 atom stereocenters. The number of benzene rings is 1. The topological polar surface area (TPSA) is 184 Å². The van der Waals surface area contributed by atoms with E-state index in [4.69, 9.17) is 20.0 Å². The molecule has 3 aliphatic rings. The maximum atomic E-state index is 10.3. The van der Waals surface area contributed by atoms with Crippen molar-refractivity contribution in [2.24, 2.45) is 42.6 Å². The number of aliphatic imine (C=N–C) groups is 4. The molecule has 4 rings (SSSR count). The third kappa shape index (κ3) is 16.3. The SMILES string of the molecule is CC1(C)CC(N=C=O)CC(C)(COC#N)C1.N#COC1CCC(CC2CCC(N=C=O)CC2)CC1.O=C=NCc1cccc(CN=C=O)c1. The minimum Gasteiger partial charge on any atom is -0.427 e. The summed E-state index contributed by atoms with van der Waals surface area (Å²) in [7, 11) is 0. The molecule has 3 fully saturated rings. The average molecular weight is 673 g/mol. The maximum absolute atomic E-state index is 10.3. The van der Waals surface area contributed by atoms with Gasteiger partial charge in [-0.25, -0.2) is 39.1 Å². The Labute approximate surface area is 289 Å². The van der Waals surface area contributed by atoms with Crippen molar-refractivity contribution < 1.29 is 28.7 Å². The first-order valence-corrected chi connectivity index (χ1v) is 16.9. The van der Waals surface area contributed by atoms with E-state index in [2.05, 4.69) is 40.7 Å². The lowest BCUT2D eigenvalue weighted by Gasteiger charge is -2.44. The molecule has 12 nitrogen and oxygen atoms in total. The van der Waals surface area contributed by atoms with E-state index in [0.29, 0.717) is 19.7 Å². The van der Waals surface area contributed by atoms with Crippen LogP contribution in [0.1, 0.15) is 109 Å². The molecule has 0 N–H and O–H groups in total. The summed E-state index contributed by atoms with van der Waals surface area (Å²) in [6.45, 7) is 7.41. The first-order chi connectivity index (χ1) is 23.6. The number of rotatable bonds is 11. The molecule has 0 bridgehead atoms. The Balaban J connectivity index is 0.000000259. The summed E-state index contributed by atoms with van der Waals surface area (Å²) < 4.78 is 9.88. The Hall–Kier alpha value is -4.68. The van der Waals surface area contributed by atoms with Crippen molar-refractivity contribution in [3.8, 4) is 12.5 Å². The molecule has 49 heavy (non-hydrogen) atoms. The summed E-state index contributed by atoms with van der Waals surface area (Å²) >= 11 is 0. The predicted octanol–water partition coefficient (Wildman–Crippen LogP) is 7.09. The predicted molar refractivity (Wildman–Crippen MR) is 180 cm³/mol. The van der Waals surface area contributed by atoms with Crippen molar-refractivity contribution in [2.45, 2.75) is 129 Å². The summed E-state index contributed by atoms with van der Waals surface area (Å²) in [5.41, 5.74) is 1.83. The first-order valence-electron chi connectivity index (χ1n) is 16.9. The van der Waals surface area contributed by atoms with Crippen LogP contribution in [0.15, 0.2) is 44.2 Å². The van der Waals surface area contributed by atoms with E-state index in [1.165, 1.54) is 44.3 Å².